The SMILES string of the molecule is CSc1cc2nn(C3CCC(CN4CCC(c5cccc6c5n(C)c(=O)n6C5CCC(=O)NC5=O)CC4)CC3)cc2cc1NC(=O)c1cccc(C(F)(F)F)n1. The van der Waals surface area contributed by atoms with E-state index in [0.29, 0.717) is 23.9 Å². The van der Waals surface area contributed by atoms with Crippen molar-refractivity contribution < 1.29 is 27.6 Å². The number of benzene rings is 2. The van der Waals surface area contributed by atoms with Crippen LogP contribution < -0.4 is 16.3 Å². The van der Waals surface area contributed by atoms with E-state index in [4.69, 9.17) is 5.10 Å². The molecule has 1 aliphatic carbocycles. The van der Waals surface area contributed by atoms with Crippen LogP contribution in [-0.2, 0) is 22.8 Å². The molecule has 16 heteroatoms. The zero-order valence-corrected chi connectivity index (χ0v) is 32.0. The fourth-order valence-corrected chi connectivity index (χ4v) is 9.40. The average Bonchev–Trinajstić information content (AvgIpc) is 3.72. The number of halogens is 3. The molecule has 1 atom stereocenters. The molecule has 2 N–H and O–H groups in total. The molecule has 3 amide bonds. The third-order valence-electron chi connectivity index (χ3n) is 11.8. The Hall–Kier alpha value is -4.96. The summed E-state index contributed by atoms with van der Waals surface area (Å²) in [7, 11) is 1.76. The van der Waals surface area contributed by atoms with E-state index >= 15 is 0 Å². The number of rotatable bonds is 8. The monoisotopic (exact) mass is 788 g/mol. The highest BCUT2D eigenvalue weighted by molar-refractivity contribution is 7.98. The molecule has 2 saturated heterocycles. The first-order valence-electron chi connectivity index (χ1n) is 19.1. The molecule has 1 unspecified atom stereocenters. The summed E-state index contributed by atoms with van der Waals surface area (Å²) in [5, 5.41) is 10.9. The zero-order valence-electron chi connectivity index (χ0n) is 31.1. The van der Waals surface area contributed by atoms with Crippen molar-refractivity contribution in [1.29, 1.82) is 0 Å². The lowest BCUT2D eigenvalue weighted by molar-refractivity contribution is -0.141. The minimum atomic E-state index is -4.65. The molecular weight excluding hydrogens is 746 g/mol. The molecule has 5 aromatic rings. The van der Waals surface area contributed by atoms with Gasteiger partial charge < -0.3 is 10.2 Å². The van der Waals surface area contributed by atoms with E-state index in [1.807, 2.05) is 41.4 Å². The Kier molecular flexibility index (Phi) is 10.3. The van der Waals surface area contributed by atoms with Crippen LogP contribution in [-0.4, -0.2) is 72.4 Å². The molecule has 0 bridgehead atoms. The number of anilines is 1. The Labute approximate surface area is 324 Å². The zero-order chi connectivity index (χ0) is 39.3. The number of aromatic nitrogens is 5. The number of alkyl halides is 3. The second-order valence-electron chi connectivity index (χ2n) is 15.2. The molecule has 0 spiro atoms. The van der Waals surface area contributed by atoms with Crippen molar-refractivity contribution in [2.45, 2.75) is 80.4 Å². The van der Waals surface area contributed by atoms with E-state index in [9.17, 15) is 32.3 Å². The maximum absolute atomic E-state index is 13.4. The summed E-state index contributed by atoms with van der Waals surface area (Å²) < 4.78 is 44.8. The van der Waals surface area contributed by atoms with Crippen molar-refractivity contribution in [3.05, 3.63) is 82.2 Å². The smallest absolute Gasteiger partial charge is 0.320 e. The quantitative estimate of drug-likeness (QED) is 0.132. The summed E-state index contributed by atoms with van der Waals surface area (Å²) in [6, 6.07) is 12.5. The molecular formula is C40H43F3N8O4S. The van der Waals surface area contributed by atoms with Gasteiger partial charge in [-0.1, -0.05) is 18.2 Å². The summed E-state index contributed by atoms with van der Waals surface area (Å²) in [4.78, 5) is 57.7. The largest absolute Gasteiger partial charge is 0.433 e. The standard InChI is InChI=1S/C40H43F3N8O4S/c1-48-36-27(5-3-7-31(36)51(39(48)55)32-13-14-35(52)46-38(32)54)24-15-17-49(18-16-24)21-23-9-11-26(12-10-23)50-22-25-19-30(33(56-2)20-29(25)47-50)45-37(53)28-6-4-8-34(44-28)40(41,42)43/h3-8,19-20,22-24,26,32H,9-18,21H2,1-2H3,(H,45,53)(H,46,52,54). The van der Waals surface area contributed by atoms with E-state index in [-0.39, 0.29) is 29.8 Å². The fraction of sp³-hybridized carbons (Fsp3) is 0.450. The molecule has 3 aliphatic rings. The Morgan fingerprint density at radius 1 is 0.982 bits per heavy atom. The molecule has 8 rings (SSSR count). The molecule has 5 heterocycles. The molecule has 2 aliphatic heterocycles. The van der Waals surface area contributed by atoms with Crippen molar-refractivity contribution in [1.82, 2.24) is 34.1 Å². The Morgan fingerprint density at radius 2 is 1.73 bits per heavy atom. The van der Waals surface area contributed by atoms with Crippen LogP contribution >= 0.6 is 11.8 Å². The summed E-state index contributed by atoms with van der Waals surface area (Å²) in [5.74, 6) is -0.581. The minimum absolute atomic E-state index is 0.208. The normalized spacial score (nSPS) is 21.5. The van der Waals surface area contributed by atoms with E-state index in [2.05, 4.69) is 26.6 Å². The fourth-order valence-electron chi connectivity index (χ4n) is 8.84. The number of likely N-dealkylation sites (tertiary alicyclic amines) is 1. The molecule has 3 aromatic heterocycles. The summed E-state index contributed by atoms with van der Waals surface area (Å²) >= 11 is 1.42. The van der Waals surface area contributed by atoms with Crippen LogP contribution in [0.25, 0.3) is 21.9 Å². The number of imide groups is 1. The van der Waals surface area contributed by atoms with Gasteiger partial charge in [-0.15, -0.1) is 11.8 Å². The maximum Gasteiger partial charge on any atom is 0.433 e. The number of carbonyl (C=O) groups is 3. The van der Waals surface area contributed by atoms with Crippen molar-refractivity contribution in [2.24, 2.45) is 13.0 Å². The minimum Gasteiger partial charge on any atom is -0.320 e. The van der Waals surface area contributed by atoms with E-state index < -0.39 is 29.7 Å². The summed E-state index contributed by atoms with van der Waals surface area (Å²) in [5.41, 5.74) is 2.34. The number of piperidine rings is 2. The van der Waals surface area contributed by atoms with E-state index in [1.165, 1.54) is 23.9 Å². The Morgan fingerprint density at radius 3 is 2.45 bits per heavy atom. The van der Waals surface area contributed by atoms with Gasteiger partial charge in [0.2, 0.25) is 11.8 Å². The van der Waals surface area contributed by atoms with Crippen LogP contribution in [0.1, 0.15) is 91.1 Å². The number of amides is 3. The third-order valence-corrected chi connectivity index (χ3v) is 12.5. The maximum atomic E-state index is 13.4. The van der Waals surface area contributed by atoms with Gasteiger partial charge in [-0.25, -0.2) is 9.78 Å². The number of nitrogens with zero attached hydrogens (tertiary/aromatic N) is 6. The lowest BCUT2D eigenvalue weighted by atomic mass is 9.84. The Bertz CT molecular complexity index is 2390. The number of pyridine rings is 1. The van der Waals surface area contributed by atoms with Gasteiger partial charge in [0.1, 0.15) is 17.4 Å². The van der Waals surface area contributed by atoms with Crippen LogP contribution in [0.4, 0.5) is 18.9 Å². The molecule has 2 aromatic carbocycles. The number of imidazole rings is 1. The van der Waals surface area contributed by atoms with Crippen molar-refractivity contribution in [3.8, 4) is 0 Å². The summed E-state index contributed by atoms with van der Waals surface area (Å²) in [6.45, 7) is 2.97. The van der Waals surface area contributed by atoms with Gasteiger partial charge in [-0.3, -0.25) is 33.5 Å². The van der Waals surface area contributed by atoms with Gasteiger partial charge >= 0.3 is 11.9 Å². The first-order chi connectivity index (χ1) is 26.9. The first kappa shape index (κ1) is 37.9. The van der Waals surface area contributed by atoms with Crippen molar-refractivity contribution >= 4 is 57.1 Å². The first-order valence-corrected chi connectivity index (χ1v) is 20.3. The molecule has 56 heavy (non-hydrogen) atoms. The molecule has 294 valence electrons. The number of carbonyl (C=O) groups excluding carboxylic acids is 3. The van der Waals surface area contributed by atoms with Gasteiger partial charge in [0, 0.05) is 36.5 Å². The predicted octanol–water partition coefficient (Wildman–Crippen LogP) is 6.67. The highest BCUT2D eigenvalue weighted by Crippen LogP contribution is 2.38. The predicted molar refractivity (Wildman–Crippen MR) is 207 cm³/mol. The van der Waals surface area contributed by atoms with Crippen LogP contribution in [0.2, 0.25) is 0 Å². The van der Waals surface area contributed by atoms with Gasteiger partial charge in [-0.2, -0.15) is 18.3 Å². The van der Waals surface area contributed by atoms with Crippen LogP contribution in [0.5, 0.6) is 0 Å². The van der Waals surface area contributed by atoms with Gasteiger partial charge in [0.05, 0.1) is 28.3 Å². The average molecular weight is 789 g/mol. The number of fused-ring (bicyclic) bond motifs is 2. The van der Waals surface area contributed by atoms with Gasteiger partial charge in [-0.05, 0) is 112 Å². The number of hydrogen-bond acceptors (Lipinski definition) is 8. The molecule has 12 nitrogen and oxygen atoms in total. The van der Waals surface area contributed by atoms with Crippen molar-refractivity contribution in [2.75, 3.05) is 31.2 Å². The number of thioether (sulfide) groups is 1. The summed E-state index contributed by atoms with van der Waals surface area (Å²) in [6.07, 6.45) is 5.83. The highest BCUT2D eigenvalue weighted by Gasteiger charge is 2.35. The molecule has 0 radical (unpaired) electrons. The second-order valence-corrected chi connectivity index (χ2v) is 16.1. The van der Waals surface area contributed by atoms with Crippen LogP contribution in [0.15, 0.2) is 64.4 Å². The van der Waals surface area contributed by atoms with E-state index in [0.717, 1.165) is 96.6 Å². The van der Waals surface area contributed by atoms with Crippen LogP contribution in [0.3, 0.4) is 0 Å². The van der Waals surface area contributed by atoms with Crippen molar-refractivity contribution in [3.63, 3.8) is 0 Å². The molecule has 3 fully saturated rings. The Balaban J connectivity index is 0.877. The lowest BCUT2D eigenvalue weighted by Crippen LogP contribution is -2.44. The number of aryl methyl sites for hydroxylation is 1. The lowest BCUT2D eigenvalue weighted by Gasteiger charge is -2.37. The topological polar surface area (TPSA) is 136 Å². The molecule has 1 saturated carbocycles. The van der Waals surface area contributed by atoms with Crippen LogP contribution in [0, 0.1) is 5.92 Å². The van der Waals surface area contributed by atoms with E-state index in [1.54, 1.807) is 16.2 Å². The number of para-hydroxylation sites is 1. The van der Waals surface area contributed by atoms with Gasteiger partial charge in [0.15, 0.2) is 0 Å². The third kappa shape index (κ3) is 7.36. The number of hydrogen-bond donors (Lipinski definition) is 2. The highest BCUT2D eigenvalue weighted by atomic mass is 32.2. The van der Waals surface area contributed by atoms with Gasteiger partial charge in [0.25, 0.3) is 5.91 Å². The number of nitrogens with one attached hydrogen (secondary N) is 2. The second kappa shape index (κ2) is 15.2.